The van der Waals surface area contributed by atoms with Crippen LogP contribution in [0.25, 0.3) is 0 Å². The molecule has 0 bridgehead atoms. The van der Waals surface area contributed by atoms with Gasteiger partial charge in [-0.1, -0.05) is 11.6 Å². The van der Waals surface area contributed by atoms with Crippen LogP contribution in [-0.4, -0.2) is 50.0 Å². The highest BCUT2D eigenvalue weighted by Gasteiger charge is 2.37. The molecule has 122 valence electrons. The van der Waals surface area contributed by atoms with Crippen LogP contribution in [0.15, 0.2) is 24.3 Å². The molecule has 0 spiro atoms. The van der Waals surface area contributed by atoms with Crippen molar-refractivity contribution < 1.29 is 19.0 Å². The number of hydrogen-bond donors (Lipinski definition) is 0. The fourth-order valence-electron chi connectivity index (χ4n) is 2.58. The van der Waals surface area contributed by atoms with Crippen molar-refractivity contribution in [2.75, 3.05) is 27.3 Å². The van der Waals surface area contributed by atoms with E-state index in [-0.39, 0.29) is 5.91 Å². The van der Waals surface area contributed by atoms with Gasteiger partial charge >= 0.3 is 0 Å². The molecule has 6 heteroatoms. The lowest BCUT2D eigenvalue weighted by molar-refractivity contribution is -0.229. The molecule has 1 aromatic rings. The molecule has 1 fully saturated rings. The zero-order chi connectivity index (χ0) is 16.2. The number of carbonyl (C=O) groups is 1. The maximum atomic E-state index is 12.5. The van der Waals surface area contributed by atoms with Crippen molar-refractivity contribution in [1.29, 1.82) is 0 Å². The Hall–Kier alpha value is -1.30. The SMILES string of the molecule is COC1(OC)CCN(C(=O)C(C)Oc2ccc(Cl)cc2)CC1. The summed E-state index contributed by atoms with van der Waals surface area (Å²) in [6.45, 7) is 2.94. The molecule has 1 amide bonds. The number of nitrogens with zero attached hydrogens (tertiary/aromatic N) is 1. The maximum absolute atomic E-state index is 12.5. The minimum atomic E-state index is -0.572. The molecule has 5 nitrogen and oxygen atoms in total. The number of ether oxygens (including phenoxy) is 3. The molecule has 1 aliphatic rings. The third kappa shape index (κ3) is 3.91. The number of halogens is 1. The van der Waals surface area contributed by atoms with Crippen LogP contribution < -0.4 is 4.74 Å². The second-order valence-corrected chi connectivity index (χ2v) is 5.79. The van der Waals surface area contributed by atoms with Gasteiger partial charge in [0, 0.05) is 45.2 Å². The number of carbonyl (C=O) groups excluding carboxylic acids is 1. The summed E-state index contributed by atoms with van der Waals surface area (Å²) in [4.78, 5) is 14.2. The van der Waals surface area contributed by atoms with Crippen molar-refractivity contribution >= 4 is 17.5 Å². The fraction of sp³-hybridized carbons (Fsp3) is 0.562. The summed E-state index contributed by atoms with van der Waals surface area (Å²) in [6, 6.07) is 6.98. The molecule has 1 aliphatic heterocycles. The highest BCUT2D eigenvalue weighted by Crippen LogP contribution is 2.27. The minimum Gasteiger partial charge on any atom is -0.481 e. The molecule has 0 saturated carbocycles. The molecule has 1 aromatic carbocycles. The van der Waals surface area contributed by atoms with Gasteiger partial charge in [0.05, 0.1) is 0 Å². The van der Waals surface area contributed by atoms with E-state index >= 15 is 0 Å². The molecular formula is C16H22ClNO4. The van der Waals surface area contributed by atoms with Crippen molar-refractivity contribution in [3.05, 3.63) is 29.3 Å². The third-order valence-corrected chi connectivity index (χ3v) is 4.31. The van der Waals surface area contributed by atoms with E-state index in [4.69, 9.17) is 25.8 Å². The fourth-order valence-corrected chi connectivity index (χ4v) is 2.71. The predicted molar refractivity (Wildman–Crippen MR) is 84.1 cm³/mol. The van der Waals surface area contributed by atoms with Crippen LogP contribution in [0.1, 0.15) is 19.8 Å². The van der Waals surface area contributed by atoms with Gasteiger partial charge in [0.15, 0.2) is 11.9 Å². The van der Waals surface area contributed by atoms with E-state index in [1.165, 1.54) is 0 Å². The first kappa shape index (κ1) is 17.1. The Kier molecular flexibility index (Phi) is 5.67. The van der Waals surface area contributed by atoms with Crippen molar-refractivity contribution in [2.24, 2.45) is 0 Å². The highest BCUT2D eigenvalue weighted by molar-refractivity contribution is 6.30. The third-order valence-electron chi connectivity index (χ3n) is 4.06. The molecule has 0 aromatic heterocycles. The number of amides is 1. The largest absolute Gasteiger partial charge is 0.481 e. The summed E-state index contributed by atoms with van der Waals surface area (Å²) < 4.78 is 16.5. The Morgan fingerprint density at radius 1 is 1.18 bits per heavy atom. The summed E-state index contributed by atoms with van der Waals surface area (Å²) in [6.07, 6.45) is 0.762. The Morgan fingerprint density at radius 3 is 2.23 bits per heavy atom. The van der Waals surface area contributed by atoms with E-state index in [0.29, 0.717) is 36.7 Å². The summed E-state index contributed by atoms with van der Waals surface area (Å²) in [7, 11) is 3.26. The van der Waals surface area contributed by atoms with Gasteiger partial charge in [0.25, 0.3) is 5.91 Å². The lowest BCUT2D eigenvalue weighted by Crippen LogP contribution is -2.51. The Balaban J connectivity index is 1.90. The Labute approximate surface area is 136 Å². The summed E-state index contributed by atoms with van der Waals surface area (Å²) in [5, 5.41) is 0.637. The number of likely N-dealkylation sites (tertiary alicyclic amines) is 1. The molecule has 0 radical (unpaired) electrons. The molecule has 1 unspecified atom stereocenters. The van der Waals surface area contributed by atoms with Crippen molar-refractivity contribution in [2.45, 2.75) is 31.7 Å². The molecule has 0 N–H and O–H groups in total. The molecule has 2 rings (SSSR count). The summed E-state index contributed by atoms with van der Waals surface area (Å²) in [5.41, 5.74) is 0. The quantitative estimate of drug-likeness (QED) is 0.780. The zero-order valence-corrected chi connectivity index (χ0v) is 13.9. The van der Waals surface area contributed by atoms with Gasteiger partial charge in [-0.2, -0.15) is 0 Å². The summed E-state index contributed by atoms with van der Waals surface area (Å²) in [5.74, 6) is 0.0259. The van der Waals surface area contributed by atoms with Gasteiger partial charge in [0.1, 0.15) is 5.75 Å². The predicted octanol–water partition coefficient (Wildman–Crippen LogP) is 2.72. The second kappa shape index (κ2) is 7.31. The molecule has 1 atom stereocenters. The van der Waals surface area contributed by atoms with Crippen LogP contribution in [0.3, 0.4) is 0 Å². The van der Waals surface area contributed by atoms with Gasteiger partial charge in [-0.15, -0.1) is 0 Å². The molecule has 0 aliphatic carbocycles. The van der Waals surface area contributed by atoms with Crippen molar-refractivity contribution in [3.63, 3.8) is 0 Å². The van der Waals surface area contributed by atoms with Gasteiger partial charge in [0.2, 0.25) is 0 Å². The van der Waals surface area contributed by atoms with Gasteiger partial charge < -0.3 is 19.1 Å². The molecule has 22 heavy (non-hydrogen) atoms. The minimum absolute atomic E-state index is 0.0317. The Morgan fingerprint density at radius 2 is 1.73 bits per heavy atom. The number of piperidine rings is 1. The standard InChI is InChI=1S/C16H22ClNO4/c1-12(22-14-6-4-13(17)5-7-14)15(19)18-10-8-16(20-2,21-3)9-11-18/h4-7,12H,8-11H2,1-3H3. The normalized spacial score (nSPS) is 18.8. The van der Waals surface area contributed by atoms with Gasteiger partial charge in [-0.25, -0.2) is 0 Å². The van der Waals surface area contributed by atoms with Crippen LogP contribution in [0.2, 0.25) is 5.02 Å². The molecular weight excluding hydrogens is 306 g/mol. The van der Waals surface area contributed by atoms with Crippen LogP contribution in [-0.2, 0) is 14.3 Å². The van der Waals surface area contributed by atoms with E-state index in [9.17, 15) is 4.79 Å². The number of hydrogen-bond acceptors (Lipinski definition) is 4. The van der Waals surface area contributed by atoms with E-state index in [1.807, 2.05) is 0 Å². The first-order valence-electron chi connectivity index (χ1n) is 7.31. The average molecular weight is 328 g/mol. The van der Waals surface area contributed by atoms with Crippen LogP contribution in [0.5, 0.6) is 5.75 Å². The highest BCUT2D eigenvalue weighted by atomic mass is 35.5. The molecule has 1 heterocycles. The van der Waals surface area contributed by atoms with E-state index in [0.717, 1.165) is 0 Å². The first-order chi connectivity index (χ1) is 10.5. The number of methoxy groups -OCH3 is 2. The van der Waals surface area contributed by atoms with E-state index in [1.54, 1.807) is 50.3 Å². The van der Waals surface area contributed by atoms with Gasteiger partial charge in [-0.3, -0.25) is 4.79 Å². The number of benzene rings is 1. The molecule has 1 saturated heterocycles. The lowest BCUT2D eigenvalue weighted by atomic mass is 10.0. The average Bonchev–Trinajstić information content (AvgIpc) is 2.56. The second-order valence-electron chi connectivity index (χ2n) is 5.36. The first-order valence-corrected chi connectivity index (χ1v) is 7.69. The topological polar surface area (TPSA) is 48.0 Å². The number of rotatable bonds is 5. The maximum Gasteiger partial charge on any atom is 0.263 e. The van der Waals surface area contributed by atoms with Crippen LogP contribution >= 0.6 is 11.6 Å². The van der Waals surface area contributed by atoms with E-state index in [2.05, 4.69) is 0 Å². The van der Waals surface area contributed by atoms with Crippen LogP contribution in [0.4, 0.5) is 0 Å². The van der Waals surface area contributed by atoms with Crippen LogP contribution in [0, 0.1) is 0 Å². The monoisotopic (exact) mass is 327 g/mol. The zero-order valence-electron chi connectivity index (χ0n) is 13.2. The van der Waals surface area contributed by atoms with Crippen molar-refractivity contribution in [1.82, 2.24) is 4.90 Å². The smallest absolute Gasteiger partial charge is 0.263 e. The van der Waals surface area contributed by atoms with E-state index < -0.39 is 11.9 Å². The van der Waals surface area contributed by atoms with Crippen molar-refractivity contribution in [3.8, 4) is 5.75 Å². The Bertz CT molecular complexity index is 491. The summed E-state index contributed by atoms with van der Waals surface area (Å²) >= 11 is 5.83. The lowest BCUT2D eigenvalue weighted by Gasteiger charge is -2.40. The van der Waals surface area contributed by atoms with Gasteiger partial charge in [-0.05, 0) is 31.2 Å².